The van der Waals surface area contributed by atoms with Crippen molar-refractivity contribution in [2.24, 2.45) is 5.92 Å². The maximum atomic E-state index is 12.3. The van der Waals surface area contributed by atoms with Crippen molar-refractivity contribution in [3.8, 4) is 6.07 Å². The topological polar surface area (TPSA) is 156 Å². The Labute approximate surface area is 166 Å². The molecule has 1 aliphatic carbocycles. The predicted octanol–water partition coefficient (Wildman–Crippen LogP) is 0.274. The predicted molar refractivity (Wildman–Crippen MR) is 99.1 cm³/mol. The molecule has 10 nitrogen and oxygen atoms in total. The molecule has 0 aromatic carbocycles. The molecule has 0 amide bonds. The number of aliphatic hydroxyl groups excluding tert-OH is 2. The van der Waals surface area contributed by atoms with Gasteiger partial charge < -0.3 is 25.4 Å². The molecule has 10 heteroatoms. The number of fused-ring (bicyclic) bond motifs is 1. The smallest absolute Gasteiger partial charge is 0.309 e. The number of esters is 1. The first-order valence-corrected chi connectivity index (χ1v) is 9.68. The minimum Gasteiger partial charge on any atom is -0.463 e. The summed E-state index contributed by atoms with van der Waals surface area (Å²) in [5.74, 6) is -0.286. The number of nitriles is 1. The van der Waals surface area contributed by atoms with Crippen LogP contribution in [0.15, 0.2) is 18.5 Å². The van der Waals surface area contributed by atoms with Gasteiger partial charge in [0.15, 0.2) is 5.82 Å². The second kappa shape index (κ2) is 7.59. The number of rotatable bonds is 4. The van der Waals surface area contributed by atoms with Crippen LogP contribution in [0.2, 0.25) is 0 Å². The van der Waals surface area contributed by atoms with Crippen molar-refractivity contribution in [2.75, 3.05) is 12.3 Å². The lowest BCUT2D eigenvalue weighted by molar-refractivity contribution is -0.156. The lowest BCUT2D eigenvalue weighted by Gasteiger charge is -2.24. The van der Waals surface area contributed by atoms with E-state index in [1.807, 2.05) is 6.07 Å². The Bertz CT molecular complexity index is 950. The molecule has 2 aromatic rings. The number of anilines is 1. The van der Waals surface area contributed by atoms with Gasteiger partial charge in [-0.3, -0.25) is 4.79 Å². The Kier molecular flexibility index (Phi) is 5.12. The van der Waals surface area contributed by atoms with Gasteiger partial charge in [0.25, 0.3) is 0 Å². The van der Waals surface area contributed by atoms with Crippen LogP contribution in [-0.4, -0.2) is 55.7 Å². The maximum absolute atomic E-state index is 12.3. The SMILES string of the molecule is N#CC1(c2ccc3c(N)ncnn23)OC(COC(=O)C2CCCCC2)C(O)C1O. The fourth-order valence-electron chi connectivity index (χ4n) is 4.17. The van der Waals surface area contributed by atoms with E-state index >= 15 is 0 Å². The van der Waals surface area contributed by atoms with Gasteiger partial charge in [-0.05, 0) is 25.0 Å². The van der Waals surface area contributed by atoms with Crippen molar-refractivity contribution in [2.45, 2.75) is 56.0 Å². The molecule has 3 heterocycles. The number of nitrogen functional groups attached to an aromatic ring is 1. The van der Waals surface area contributed by atoms with Gasteiger partial charge >= 0.3 is 5.97 Å². The number of aromatic nitrogens is 3. The van der Waals surface area contributed by atoms with Crippen LogP contribution in [0.3, 0.4) is 0 Å². The zero-order valence-corrected chi connectivity index (χ0v) is 15.8. The first-order valence-electron chi connectivity index (χ1n) is 9.68. The third-order valence-corrected chi connectivity index (χ3v) is 5.81. The second-order valence-electron chi connectivity index (χ2n) is 7.57. The second-order valence-corrected chi connectivity index (χ2v) is 7.57. The number of ether oxygens (including phenoxy) is 2. The molecule has 4 unspecified atom stereocenters. The van der Waals surface area contributed by atoms with Gasteiger partial charge in [0, 0.05) is 0 Å². The molecular weight excluding hydrogens is 378 g/mol. The molecule has 0 spiro atoms. The van der Waals surface area contributed by atoms with E-state index in [-0.39, 0.29) is 30.0 Å². The Morgan fingerprint density at radius 3 is 2.86 bits per heavy atom. The van der Waals surface area contributed by atoms with E-state index in [4.69, 9.17) is 15.2 Å². The van der Waals surface area contributed by atoms with Crippen molar-refractivity contribution in [3.05, 3.63) is 24.2 Å². The summed E-state index contributed by atoms with van der Waals surface area (Å²) >= 11 is 0. The summed E-state index contributed by atoms with van der Waals surface area (Å²) in [7, 11) is 0. The van der Waals surface area contributed by atoms with E-state index in [2.05, 4.69) is 10.1 Å². The third-order valence-electron chi connectivity index (χ3n) is 5.81. The van der Waals surface area contributed by atoms with Crippen LogP contribution in [0.4, 0.5) is 5.82 Å². The summed E-state index contributed by atoms with van der Waals surface area (Å²) in [5, 5.41) is 35.1. The highest BCUT2D eigenvalue weighted by Crippen LogP contribution is 2.40. The molecule has 1 saturated carbocycles. The van der Waals surface area contributed by atoms with Gasteiger partial charge in [0.1, 0.15) is 42.8 Å². The Balaban J connectivity index is 1.55. The molecule has 0 radical (unpaired) electrons. The number of nitrogens with two attached hydrogens (primary N) is 1. The first-order chi connectivity index (χ1) is 14.0. The fraction of sp³-hybridized carbons (Fsp3) is 0.579. The summed E-state index contributed by atoms with van der Waals surface area (Å²) in [4.78, 5) is 16.2. The lowest BCUT2D eigenvalue weighted by atomic mass is 9.89. The van der Waals surface area contributed by atoms with Gasteiger partial charge in [-0.25, -0.2) is 9.50 Å². The zero-order chi connectivity index (χ0) is 20.6. The van der Waals surface area contributed by atoms with Crippen LogP contribution in [0, 0.1) is 17.2 Å². The van der Waals surface area contributed by atoms with Crippen molar-refractivity contribution in [3.63, 3.8) is 0 Å². The van der Waals surface area contributed by atoms with E-state index in [9.17, 15) is 20.3 Å². The Morgan fingerprint density at radius 2 is 2.14 bits per heavy atom. The van der Waals surface area contributed by atoms with Crippen molar-refractivity contribution in [1.29, 1.82) is 5.26 Å². The quantitative estimate of drug-likeness (QED) is 0.612. The molecular formula is C19H23N5O5. The van der Waals surface area contributed by atoms with Gasteiger partial charge in [-0.15, -0.1) is 0 Å². The first kappa shape index (κ1) is 19.6. The summed E-state index contributed by atoms with van der Waals surface area (Å²) in [6, 6.07) is 5.10. The standard InChI is InChI=1S/C19H23N5O5/c20-9-19(14-7-6-12-17(21)22-10-23-24(12)14)16(26)15(25)13(29-19)8-28-18(27)11-4-2-1-3-5-11/h6-7,10-11,13,15-16,25-26H,1-5,8H2,(H2,21,22,23). The van der Waals surface area contributed by atoms with Crippen LogP contribution in [0.25, 0.3) is 5.52 Å². The van der Waals surface area contributed by atoms with E-state index in [0.29, 0.717) is 5.52 Å². The summed E-state index contributed by atoms with van der Waals surface area (Å²) in [6.45, 7) is -0.253. The van der Waals surface area contributed by atoms with Crippen molar-refractivity contribution in [1.82, 2.24) is 14.6 Å². The van der Waals surface area contributed by atoms with Crippen molar-refractivity contribution < 1.29 is 24.5 Å². The highest BCUT2D eigenvalue weighted by Gasteiger charge is 2.57. The Morgan fingerprint density at radius 1 is 1.38 bits per heavy atom. The third kappa shape index (κ3) is 3.21. The molecule has 4 atom stereocenters. The minimum absolute atomic E-state index is 0.151. The van der Waals surface area contributed by atoms with Gasteiger partial charge in [-0.2, -0.15) is 10.4 Å². The average Bonchev–Trinajstić information content (AvgIpc) is 3.29. The van der Waals surface area contributed by atoms with Gasteiger partial charge in [-0.1, -0.05) is 19.3 Å². The fourth-order valence-corrected chi connectivity index (χ4v) is 4.17. The van der Waals surface area contributed by atoms with Crippen LogP contribution >= 0.6 is 0 Å². The van der Waals surface area contributed by atoms with Crippen LogP contribution in [0.5, 0.6) is 0 Å². The normalized spacial score (nSPS) is 30.3. The number of aliphatic hydroxyl groups is 2. The number of carbonyl (C=O) groups is 1. The van der Waals surface area contributed by atoms with E-state index in [1.165, 1.54) is 16.9 Å². The highest BCUT2D eigenvalue weighted by molar-refractivity contribution is 5.72. The molecule has 4 N–H and O–H groups in total. The number of hydrogen-bond donors (Lipinski definition) is 3. The minimum atomic E-state index is -1.89. The summed E-state index contributed by atoms with van der Waals surface area (Å²) < 4.78 is 12.5. The molecule has 0 bridgehead atoms. The molecule has 1 aliphatic heterocycles. The lowest BCUT2D eigenvalue weighted by Crippen LogP contribution is -2.41. The van der Waals surface area contributed by atoms with Gasteiger partial charge in [0.2, 0.25) is 5.60 Å². The molecule has 4 rings (SSSR count). The summed E-state index contributed by atoms with van der Waals surface area (Å²) in [6.07, 6.45) is 1.85. The summed E-state index contributed by atoms with van der Waals surface area (Å²) in [5.41, 5.74) is 4.58. The molecule has 2 aliphatic rings. The number of nitrogens with zero attached hydrogens (tertiary/aromatic N) is 4. The van der Waals surface area contributed by atoms with Crippen LogP contribution in [-0.2, 0) is 19.9 Å². The Hall–Kier alpha value is -2.74. The highest BCUT2D eigenvalue weighted by atomic mass is 16.6. The molecule has 2 fully saturated rings. The zero-order valence-electron chi connectivity index (χ0n) is 15.8. The average molecular weight is 401 g/mol. The monoisotopic (exact) mass is 401 g/mol. The van der Waals surface area contributed by atoms with E-state index < -0.39 is 23.9 Å². The molecule has 154 valence electrons. The molecule has 1 saturated heterocycles. The van der Waals surface area contributed by atoms with Crippen LogP contribution < -0.4 is 5.73 Å². The van der Waals surface area contributed by atoms with Crippen LogP contribution in [0.1, 0.15) is 37.8 Å². The van der Waals surface area contributed by atoms with E-state index in [0.717, 1.165) is 32.1 Å². The van der Waals surface area contributed by atoms with E-state index in [1.54, 1.807) is 6.07 Å². The van der Waals surface area contributed by atoms with Gasteiger partial charge in [0.05, 0.1) is 11.6 Å². The largest absolute Gasteiger partial charge is 0.463 e. The maximum Gasteiger partial charge on any atom is 0.309 e. The molecule has 29 heavy (non-hydrogen) atoms. The molecule has 2 aromatic heterocycles. The number of carbonyl (C=O) groups excluding carboxylic acids is 1. The number of hydrogen-bond acceptors (Lipinski definition) is 9. The van der Waals surface area contributed by atoms with Crippen molar-refractivity contribution >= 4 is 17.3 Å².